The van der Waals surface area contributed by atoms with Crippen LogP contribution in [0.5, 0.6) is 0 Å². The van der Waals surface area contributed by atoms with Crippen LogP contribution in [0.4, 0.5) is 0 Å². The molecule has 0 radical (unpaired) electrons. The van der Waals surface area contributed by atoms with Gasteiger partial charge in [-0.25, -0.2) is 0 Å². The molecule has 0 bridgehead atoms. The van der Waals surface area contributed by atoms with Crippen molar-refractivity contribution in [2.75, 3.05) is 33.2 Å². The summed E-state index contributed by atoms with van der Waals surface area (Å²) < 4.78 is 5.76. The lowest BCUT2D eigenvalue weighted by Crippen LogP contribution is -2.46. The molecule has 0 amide bonds. The second kappa shape index (κ2) is 9.12. The van der Waals surface area contributed by atoms with Crippen LogP contribution in [0.3, 0.4) is 0 Å². The highest BCUT2D eigenvalue weighted by Crippen LogP contribution is 2.10. The average molecular weight is 324 g/mol. The number of thiophene rings is 1. The van der Waals surface area contributed by atoms with Gasteiger partial charge in [0.1, 0.15) is 0 Å². The molecule has 2 N–H and O–H groups in total. The lowest BCUT2D eigenvalue weighted by Gasteiger charge is -2.35. The molecule has 1 aromatic heterocycles. The average Bonchev–Trinajstić information content (AvgIpc) is 2.99. The summed E-state index contributed by atoms with van der Waals surface area (Å²) in [5.41, 5.74) is 0. The van der Waals surface area contributed by atoms with E-state index in [-0.39, 0.29) is 0 Å². The van der Waals surface area contributed by atoms with Gasteiger partial charge in [-0.1, -0.05) is 6.07 Å². The molecule has 0 aliphatic carbocycles. The van der Waals surface area contributed by atoms with Gasteiger partial charge in [0.05, 0.1) is 18.8 Å². The van der Waals surface area contributed by atoms with Crippen molar-refractivity contribution in [3.8, 4) is 0 Å². The lowest BCUT2D eigenvalue weighted by atomic mass is 10.2. The van der Waals surface area contributed by atoms with Crippen molar-refractivity contribution >= 4 is 17.3 Å². The minimum Gasteiger partial charge on any atom is -0.373 e. The largest absolute Gasteiger partial charge is 0.373 e. The first kappa shape index (κ1) is 17.2. The van der Waals surface area contributed by atoms with E-state index in [1.807, 2.05) is 7.05 Å². The number of hydrogen-bond acceptors (Lipinski definition) is 4. The summed E-state index contributed by atoms with van der Waals surface area (Å²) in [6.07, 6.45) is 1.80. The molecule has 1 aliphatic heterocycles. The molecule has 6 heteroatoms. The summed E-state index contributed by atoms with van der Waals surface area (Å²) in [4.78, 5) is 8.07. The predicted molar refractivity (Wildman–Crippen MR) is 93.6 cm³/mol. The fourth-order valence-corrected chi connectivity index (χ4v) is 3.43. The Bertz CT molecular complexity index is 439. The van der Waals surface area contributed by atoms with Crippen LogP contribution >= 0.6 is 11.3 Å². The highest BCUT2D eigenvalue weighted by atomic mass is 32.1. The second-order valence-electron chi connectivity index (χ2n) is 5.80. The van der Waals surface area contributed by atoms with Crippen molar-refractivity contribution in [1.82, 2.24) is 15.5 Å². The molecule has 1 aromatic rings. The fourth-order valence-electron chi connectivity index (χ4n) is 2.78. The van der Waals surface area contributed by atoms with E-state index in [4.69, 9.17) is 4.74 Å². The standard InChI is InChI=1S/C16H28N4OS/c1-13-11-20(12-14(2)21-13)8-5-7-18-16(17-3)19-10-15-6-4-9-22-15/h4,6,9,13-14H,5,7-8,10-12H2,1-3H3,(H2,17,18,19). The summed E-state index contributed by atoms with van der Waals surface area (Å²) in [6, 6.07) is 4.20. The van der Waals surface area contributed by atoms with Crippen molar-refractivity contribution in [2.45, 2.75) is 39.0 Å². The highest BCUT2D eigenvalue weighted by molar-refractivity contribution is 7.09. The first-order chi connectivity index (χ1) is 10.7. The molecule has 1 saturated heterocycles. The Labute approximate surface area is 137 Å². The third kappa shape index (κ3) is 5.94. The normalized spacial score (nSPS) is 23.5. The second-order valence-corrected chi connectivity index (χ2v) is 6.83. The van der Waals surface area contributed by atoms with Gasteiger partial charge in [0.25, 0.3) is 0 Å². The van der Waals surface area contributed by atoms with Crippen molar-refractivity contribution < 1.29 is 4.74 Å². The van der Waals surface area contributed by atoms with Crippen LogP contribution in [0.2, 0.25) is 0 Å². The number of nitrogens with zero attached hydrogens (tertiary/aromatic N) is 2. The monoisotopic (exact) mass is 324 g/mol. The van der Waals surface area contributed by atoms with Crippen molar-refractivity contribution in [3.63, 3.8) is 0 Å². The van der Waals surface area contributed by atoms with Gasteiger partial charge in [-0.05, 0) is 31.7 Å². The lowest BCUT2D eigenvalue weighted by molar-refractivity contribution is -0.0679. The first-order valence-electron chi connectivity index (χ1n) is 8.02. The maximum absolute atomic E-state index is 5.76. The Hall–Kier alpha value is -1.11. The maximum Gasteiger partial charge on any atom is 0.191 e. The molecule has 0 saturated carbocycles. The summed E-state index contributed by atoms with van der Waals surface area (Å²) >= 11 is 1.76. The molecule has 1 aliphatic rings. The van der Waals surface area contributed by atoms with Gasteiger partial charge in [0.2, 0.25) is 0 Å². The molecule has 1 fully saturated rings. The molecule has 2 unspecified atom stereocenters. The van der Waals surface area contributed by atoms with Crippen molar-refractivity contribution in [1.29, 1.82) is 0 Å². The zero-order chi connectivity index (χ0) is 15.8. The molecule has 2 rings (SSSR count). The Morgan fingerprint density at radius 1 is 1.36 bits per heavy atom. The van der Waals surface area contributed by atoms with Gasteiger partial charge in [-0.15, -0.1) is 11.3 Å². The SMILES string of the molecule is CN=C(NCCCN1CC(C)OC(C)C1)NCc1cccs1. The molecule has 5 nitrogen and oxygen atoms in total. The van der Waals surface area contributed by atoms with E-state index in [1.54, 1.807) is 11.3 Å². The quantitative estimate of drug-likeness (QED) is 0.477. The third-order valence-electron chi connectivity index (χ3n) is 3.67. The molecule has 0 aromatic carbocycles. The Morgan fingerprint density at radius 3 is 2.77 bits per heavy atom. The van der Waals surface area contributed by atoms with Gasteiger partial charge in [-0.3, -0.25) is 9.89 Å². The summed E-state index contributed by atoms with van der Waals surface area (Å²) in [5, 5.41) is 8.81. The van der Waals surface area contributed by atoms with Crippen LogP contribution in [0, 0.1) is 0 Å². The molecule has 22 heavy (non-hydrogen) atoms. The Morgan fingerprint density at radius 2 is 2.14 bits per heavy atom. The van der Waals surface area contributed by atoms with E-state index in [0.717, 1.165) is 45.1 Å². The number of nitrogens with one attached hydrogen (secondary N) is 2. The predicted octanol–water partition coefficient (Wildman–Crippen LogP) is 1.91. The number of aliphatic imine (C=N–C) groups is 1. The van der Waals surface area contributed by atoms with Crippen LogP contribution in [0.25, 0.3) is 0 Å². The summed E-state index contributed by atoms with van der Waals surface area (Å²) in [5.74, 6) is 0.872. The molecule has 2 atom stereocenters. The number of ether oxygens (including phenoxy) is 1. The van der Waals surface area contributed by atoms with Crippen LogP contribution < -0.4 is 10.6 Å². The smallest absolute Gasteiger partial charge is 0.191 e. The van der Waals surface area contributed by atoms with Gasteiger partial charge >= 0.3 is 0 Å². The van der Waals surface area contributed by atoms with Crippen molar-refractivity contribution in [3.05, 3.63) is 22.4 Å². The topological polar surface area (TPSA) is 48.9 Å². The van der Waals surface area contributed by atoms with E-state index in [9.17, 15) is 0 Å². The number of guanidine groups is 1. The van der Waals surface area contributed by atoms with Gasteiger partial charge in [-0.2, -0.15) is 0 Å². The van der Waals surface area contributed by atoms with Crippen LogP contribution in [-0.4, -0.2) is 56.3 Å². The zero-order valence-corrected chi connectivity index (χ0v) is 14.7. The van der Waals surface area contributed by atoms with Crippen molar-refractivity contribution in [2.24, 2.45) is 4.99 Å². The van der Waals surface area contributed by atoms with Crippen LogP contribution in [0.1, 0.15) is 25.1 Å². The Kier molecular flexibility index (Phi) is 7.15. The molecular formula is C16H28N4OS. The molecule has 0 spiro atoms. The zero-order valence-electron chi connectivity index (χ0n) is 13.8. The summed E-state index contributed by atoms with van der Waals surface area (Å²) in [7, 11) is 1.81. The molecule has 124 valence electrons. The third-order valence-corrected chi connectivity index (χ3v) is 4.55. The summed E-state index contributed by atoms with van der Waals surface area (Å²) in [6.45, 7) is 9.24. The molecular weight excluding hydrogens is 296 g/mol. The highest BCUT2D eigenvalue weighted by Gasteiger charge is 2.21. The number of hydrogen-bond donors (Lipinski definition) is 2. The van der Waals surface area contributed by atoms with Crippen LogP contribution in [-0.2, 0) is 11.3 Å². The van der Waals surface area contributed by atoms with E-state index in [1.165, 1.54) is 4.88 Å². The van der Waals surface area contributed by atoms with Gasteiger partial charge in [0.15, 0.2) is 5.96 Å². The minimum absolute atomic E-state index is 0.344. The van der Waals surface area contributed by atoms with E-state index in [0.29, 0.717) is 12.2 Å². The Balaban J connectivity index is 1.60. The van der Waals surface area contributed by atoms with Gasteiger partial charge in [0, 0.05) is 38.1 Å². The maximum atomic E-state index is 5.76. The number of morpholine rings is 1. The van der Waals surface area contributed by atoms with E-state index in [2.05, 4.69) is 51.9 Å². The van der Waals surface area contributed by atoms with E-state index < -0.39 is 0 Å². The molecule has 2 heterocycles. The van der Waals surface area contributed by atoms with Gasteiger partial charge < -0.3 is 15.4 Å². The minimum atomic E-state index is 0.344. The van der Waals surface area contributed by atoms with Crippen LogP contribution in [0.15, 0.2) is 22.5 Å². The number of rotatable bonds is 6. The van der Waals surface area contributed by atoms with E-state index >= 15 is 0 Å². The fraction of sp³-hybridized carbons (Fsp3) is 0.688. The first-order valence-corrected chi connectivity index (χ1v) is 8.90.